The maximum atomic E-state index is 12.8. The van der Waals surface area contributed by atoms with Gasteiger partial charge in [-0.15, -0.1) is 0 Å². The fourth-order valence-corrected chi connectivity index (χ4v) is 4.23. The van der Waals surface area contributed by atoms with Crippen LogP contribution < -0.4 is 21.3 Å². The maximum absolute atomic E-state index is 12.8. The largest absolute Gasteiger partial charge is 0.356 e. The molecule has 0 bridgehead atoms. The van der Waals surface area contributed by atoms with Crippen LogP contribution in [0.5, 0.6) is 0 Å². The molecular weight excluding hydrogens is 412 g/mol. The summed E-state index contributed by atoms with van der Waals surface area (Å²) in [5, 5.41) is 10.7. The molecule has 1 saturated carbocycles. The van der Waals surface area contributed by atoms with Crippen molar-refractivity contribution < 1.29 is 24.0 Å². The number of carbonyl (C=O) groups excluding carboxylic acids is 5. The smallest absolute Gasteiger partial charge is 0.253 e. The molecule has 172 valence electrons. The molecule has 1 saturated heterocycles. The number of carbonyl (C=O) groups is 5. The van der Waals surface area contributed by atoms with Gasteiger partial charge in [0.15, 0.2) is 0 Å². The van der Waals surface area contributed by atoms with E-state index < -0.39 is 17.9 Å². The number of aldehydes is 1. The van der Waals surface area contributed by atoms with Crippen LogP contribution >= 0.6 is 0 Å². The number of nitrogens with one attached hydrogen (secondary N) is 4. The molecule has 4 N–H and O–H groups in total. The molecule has 1 heterocycles. The van der Waals surface area contributed by atoms with E-state index in [9.17, 15) is 24.0 Å². The lowest BCUT2D eigenvalue weighted by molar-refractivity contribution is -0.128. The molecule has 0 aromatic heterocycles. The molecule has 1 aromatic rings. The Kier molecular flexibility index (Phi) is 8.35. The van der Waals surface area contributed by atoms with Crippen LogP contribution in [0.15, 0.2) is 24.3 Å². The molecule has 32 heavy (non-hydrogen) atoms. The van der Waals surface area contributed by atoms with Crippen molar-refractivity contribution >= 4 is 35.6 Å². The first kappa shape index (κ1) is 23.4. The molecule has 9 heteroatoms. The van der Waals surface area contributed by atoms with E-state index in [1.165, 1.54) is 6.07 Å². The average molecular weight is 443 g/mol. The molecule has 4 amide bonds. The summed E-state index contributed by atoms with van der Waals surface area (Å²) in [5.74, 6) is -1.55. The molecule has 3 rings (SSSR count). The van der Waals surface area contributed by atoms with E-state index in [-0.39, 0.29) is 47.9 Å². The monoisotopic (exact) mass is 442 g/mol. The number of hydrogen-bond acceptors (Lipinski definition) is 5. The highest BCUT2D eigenvalue weighted by Crippen LogP contribution is 2.23. The summed E-state index contributed by atoms with van der Waals surface area (Å²) >= 11 is 0. The maximum Gasteiger partial charge on any atom is 0.253 e. The highest BCUT2D eigenvalue weighted by Gasteiger charge is 2.28. The first-order valence-electron chi connectivity index (χ1n) is 11.2. The first-order valence-corrected chi connectivity index (χ1v) is 11.2. The summed E-state index contributed by atoms with van der Waals surface area (Å²) in [4.78, 5) is 60.5. The second kappa shape index (κ2) is 11.4. The van der Waals surface area contributed by atoms with Gasteiger partial charge in [-0.2, -0.15) is 0 Å². The molecule has 1 aliphatic heterocycles. The van der Waals surface area contributed by atoms with Crippen molar-refractivity contribution in [3.8, 4) is 0 Å². The number of anilines is 1. The van der Waals surface area contributed by atoms with E-state index in [2.05, 4.69) is 21.3 Å². The zero-order valence-electron chi connectivity index (χ0n) is 18.0. The Hall–Kier alpha value is -3.23. The number of para-hydroxylation sites is 1. The molecular formula is C23H30N4O5. The Labute approximate surface area is 187 Å². The van der Waals surface area contributed by atoms with Crippen LogP contribution in [0.1, 0.15) is 55.3 Å². The highest BCUT2D eigenvalue weighted by molar-refractivity contribution is 6.05. The second-order valence-corrected chi connectivity index (χ2v) is 8.37. The minimum absolute atomic E-state index is 0.0446. The van der Waals surface area contributed by atoms with E-state index in [0.29, 0.717) is 19.3 Å². The van der Waals surface area contributed by atoms with Gasteiger partial charge in [-0.05, 0) is 37.8 Å². The van der Waals surface area contributed by atoms with Gasteiger partial charge in [0.2, 0.25) is 17.7 Å². The molecule has 9 nitrogen and oxygen atoms in total. The van der Waals surface area contributed by atoms with Crippen molar-refractivity contribution in [2.45, 2.75) is 51.0 Å². The minimum Gasteiger partial charge on any atom is -0.356 e. The summed E-state index contributed by atoms with van der Waals surface area (Å²) in [6, 6.07) is 5.63. The van der Waals surface area contributed by atoms with Crippen molar-refractivity contribution in [3.63, 3.8) is 0 Å². The van der Waals surface area contributed by atoms with Gasteiger partial charge in [-0.25, -0.2) is 0 Å². The fraction of sp³-hybridized carbons (Fsp3) is 0.522. The van der Waals surface area contributed by atoms with E-state index in [1.807, 2.05) is 0 Å². The van der Waals surface area contributed by atoms with Gasteiger partial charge in [-0.3, -0.25) is 19.2 Å². The molecule has 2 fully saturated rings. The van der Waals surface area contributed by atoms with Gasteiger partial charge in [0.1, 0.15) is 6.29 Å². The fourth-order valence-electron chi connectivity index (χ4n) is 4.23. The van der Waals surface area contributed by atoms with Crippen LogP contribution in [0.4, 0.5) is 5.69 Å². The summed E-state index contributed by atoms with van der Waals surface area (Å²) in [6.07, 6.45) is 6.35. The number of hydrogen-bond donors (Lipinski definition) is 4. The standard InChI is InChI=1S/C23H30N4O5/c28-14-17(12-16-10-11-24-22(16)31)26-23(32)18-8-4-5-9-19(18)27-20(29)13-25-21(30)15-6-2-1-3-7-15/h4-5,8-9,14-17H,1-3,6-7,10-13H2,(H,24,31)(H,25,30)(H,26,32)(H,27,29)/t16?,17-/m0/s1. The van der Waals surface area contributed by atoms with Crippen molar-refractivity contribution in [3.05, 3.63) is 29.8 Å². The molecule has 1 aliphatic carbocycles. The quantitative estimate of drug-likeness (QED) is 0.426. The molecule has 0 spiro atoms. The highest BCUT2D eigenvalue weighted by atomic mass is 16.2. The van der Waals surface area contributed by atoms with Crippen LogP contribution in [-0.4, -0.2) is 49.0 Å². The number of rotatable bonds is 9. The summed E-state index contributed by atoms with van der Waals surface area (Å²) in [7, 11) is 0. The Morgan fingerprint density at radius 2 is 1.84 bits per heavy atom. The van der Waals surface area contributed by atoms with Gasteiger partial charge in [0.05, 0.1) is 23.8 Å². The lowest BCUT2D eigenvalue weighted by Gasteiger charge is -2.20. The lowest BCUT2D eigenvalue weighted by Crippen LogP contribution is -2.39. The molecule has 1 unspecified atom stereocenters. The van der Waals surface area contributed by atoms with Gasteiger partial charge < -0.3 is 26.1 Å². The van der Waals surface area contributed by atoms with E-state index in [1.54, 1.807) is 18.2 Å². The summed E-state index contributed by atoms with van der Waals surface area (Å²) < 4.78 is 0. The Morgan fingerprint density at radius 1 is 1.09 bits per heavy atom. The zero-order chi connectivity index (χ0) is 22.9. The Morgan fingerprint density at radius 3 is 2.53 bits per heavy atom. The Bertz CT molecular complexity index is 866. The van der Waals surface area contributed by atoms with Crippen LogP contribution in [0.2, 0.25) is 0 Å². The molecule has 1 aromatic carbocycles. The third kappa shape index (κ3) is 6.38. The summed E-state index contributed by atoms with van der Waals surface area (Å²) in [5.41, 5.74) is 0.479. The average Bonchev–Trinajstić information content (AvgIpc) is 3.22. The Balaban J connectivity index is 1.55. The predicted octanol–water partition coefficient (Wildman–Crippen LogP) is 1.15. The van der Waals surface area contributed by atoms with Crippen LogP contribution in [0.3, 0.4) is 0 Å². The lowest BCUT2D eigenvalue weighted by atomic mass is 9.89. The normalized spacial score (nSPS) is 19.5. The van der Waals surface area contributed by atoms with Crippen molar-refractivity contribution in [2.75, 3.05) is 18.4 Å². The summed E-state index contributed by atoms with van der Waals surface area (Å²) in [6.45, 7) is 0.383. The van der Waals surface area contributed by atoms with Gasteiger partial charge in [0.25, 0.3) is 5.91 Å². The number of amides is 4. The van der Waals surface area contributed by atoms with Crippen molar-refractivity contribution in [2.24, 2.45) is 11.8 Å². The zero-order valence-corrected chi connectivity index (χ0v) is 18.0. The van der Waals surface area contributed by atoms with E-state index >= 15 is 0 Å². The third-order valence-electron chi connectivity index (χ3n) is 6.03. The van der Waals surface area contributed by atoms with E-state index in [4.69, 9.17) is 0 Å². The predicted molar refractivity (Wildman–Crippen MR) is 118 cm³/mol. The SMILES string of the molecule is O=C[C@H](CC1CCNC1=O)NC(=O)c1ccccc1NC(=O)CNC(=O)C1CCCCC1. The first-order chi connectivity index (χ1) is 15.5. The molecule has 2 aliphatic rings. The van der Waals surface area contributed by atoms with Crippen molar-refractivity contribution in [1.82, 2.24) is 16.0 Å². The molecule has 2 atom stereocenters. The third-order valence-corrected chi connectivity index (χ3v) is 6.03. The van der Waals surface area contributed by atoms with E-state index in [0.717, 1.165) is 32.1 Å². The van der Waals surface area contributed by atoms with Gasteiger partial charge in [-0.1, -0.05) is 31.4 Å². The second-order valence-electron chi connectivity index (χ2n) is 8.37. The van der Waals surface area contributed by atoms with Gasteiger partial charge >= 0.3 is 0 Å². The van der Waals surface area contributed by atoms with Crippen LogP contribution in [-0.2, 0) is 19.2 Å². The molecule has 0 radical (unpaired) electrons. The van der Waals surface area contributed by atoms with Crippen molar-refractivity contribution in [1.29, 1.82) is 0 Å². The topological polar surface area (TPSA) is 133 Å². The van der Waals surface area contributed by atoms with Crippen LogP contribution in [0, 0.1) is 11.8 Å². The number of benzene rings is 1. The van der Waals surface area contributed by atoms with Gasteiger partial charge in [0, 0.05) is 18.4 Å². The van der Waals surface area contributed by atoms with Crippen LogP contribution in [0.25, 0.3) is 0 Å². The minimum atomic E-state index is -0.810.